The number of hydrogen-bond donors (Lipinski definition) is 1. The highest BCUT2D eigenvalue weighted by Crippen LogP contribution is 2.28. The molecule has 0 aliphatic carbocycles. The highest BCUT2D eigenvalue weighted by Gasteiger charge is 2.35. The molecule has 0 aromatic carbocycles. The van der Waals surface area contributed by atoms with Crippen molar-refractivity contribution in [2.24, 2.45) is 11.7 Å². The second-order valence-electron chi connectivity index (χ2n) is 5.45. The third-order valence-corrected chi connectivity index (χ3v) is 4.30. The highest BCUT2D eigenvalue weighted by atomic mass is 16.5. The lowest BCUT2D eigenvalue weighted by Crippen LogP contribution is -2.55. The van der Waals surface area contributed by atoms with Crippen molar-refractivity contribution in [2.75, 3.05) is 32.8 Å². The van der Waals surface area contributed by atoms with E-state index in [1.807, 2.05) is 0 Å². The second kappa shape index (κ2) is 7.34. The maximum atomic E-state index is 6.10. The monoisotopic (exact) mass is 242 g/mol. The molecule has 1 rings (SSSR count). The maximum Gasteiger partial charge on any atom is 0.0484 e. The molecule has 17 heavy (non-hydrogen) atoms. The zero-order chi connectivity index (χ0) is 12.7. The fraction of sp³-hybridized carbons (Fsp3) is 1.00. The largest absolute Gasteiger partial charge is 0.381 e. The number of rotatable bonds is 6. The van der Waals surface area contributed by atoms with Crippen LogP contribution >= 0.6 is 0 Å². The van der Waals surface area contributed by atoms with E-state index >= 15 is 0 Å². The SMILES string of the molecule is CCC(C)CN(CC)C1(CN)CCCOCC1. The number of likely N-dealkylation sites (N-methyl/N-ethyl adjacent to an activating group) is 1. The predicted molar refractivity (Wildman–Crippen MR) is 73.2 cm³/mol. The van der Waals surface area contributed by atoms with Gasteiger partial charge in [0, 0.05) is 31.8 Å². The summed E-state index contributed by atoms with van der Waals surface area (Å²) in [4.78, 5) is 2.61. The van der Waals surface area contributed by atoms with Gasteiger partial charge in [-0.1, -0.05) is 27.2 Å². The van der Waals surface area contributed by atoms with Gasteiger partial charge in [0.15, 0.2) is 0 Å². The predicted octanol–water partition coefficient (Wildman–Crippen LogP) is 2.25. The molecule has 1 heterocycles. The van der Waals surface area contributed by atoms with E-state index < -0.39 is 0 Å². The first-order chi connectivity index (χ1) is 8.18. The van der Waals surface area contributed by atoms with Crippen molar-refractivity contribution in [3.8, 4) is 0 Å². The lowest BCUT2D eigenvalue weighted by atomic mass is 9.87. The molecule has 0 aromatic rings. The van der Waals surface area contributed by atoms with Crippen LogP contribution in [0.1, 0.15) is 46.5 Å². The van der Waals surface area contributed by atoms with Gasteiger partial charge >= 0.3 is 0 Å². The summed E-state index contributed by atoms with van der Waals surface area (Å²) < 4.78 is 5.60. The van der Waals surface area contributed by atoms with Crippen molar-refractivity contribution in [1.29, 1.82) is 0 Å². The van der Waals surface area contributed by atoms with Crippen molar-refractivity contribution in [1.82, 2.24) is 4.90 Å². The molecule has 0 radical (unpaired) electrons. The first kappa shape index (κ1) is 14.9. The van der Waals surface area contributed by atoms with Crippen molar-refractivity contribution in [2.45, 2.75) is 52.0 Å². The van der Waals surface area contributed by atoms with Crippen molar-refractivity contribution >= 4 is 0 Å². The number of nitrogens with zero attached hydrogens (tertiary/aromatic N) is 1. The minimum absolute atomic E-state index is 0.189. The van der Waals surface area contributed by atoms with Crippen LogP contribution in [0.3, 0.4) is 0 Å². The van der Waals surface area contributed by atoms with E-state index in [-0.39, 0.29) is 5.54 Å². The van der Waals surface area contributed by atoms with Gasteiger partial charge in [0.25, 0.3) is 0 Å². The van der Waals surface area contributed by atoms with Crippen molar-refractivity contribution in [3.05, 3.63) is 0 Å². The molecule has 2 N–H and O–H groups in total. The molecule has 3 nitrogen and oxygen atoms in total. The summed E-state index contributed by atoms with van der Waals surface area (Å²) in [6, 6.07) is 0. The van der Waals surface area contributed by atoms with E-state index in [1.165, 1.54) is 19.4 Å². The van der Waals surface area contributed by atoms with E-state index in [0.717, 1.165) is 45.1 Å². The molecule has 1 saturated heterocycles. The van der Waals surface area contributed by atoms with Gasteiger partial charge < -0.3 is 10.5 Å². The average molecular weight is 242 g/mol. The Morgan fingerprint density at radius 1 is 1.29 bits per heavy atom. The summed E-state index contributed by atoms with van der Waals surface area (Å²) >= 11 is 0. The molecule has 2 atom stereocenters. The lowest BCUT2D eigenvalue weighted by Gasteiger charge is -2.43. The first-order valence-corrected chi connectivity index (χ1v) is 7.21. The molecular weight excluding hydrogens is 212 g/mol. The molecule has 0 aromatic heterocycles. The second-order valence-corrected chi connectivity index (χ2v) is 5.45. The summed E-state index contributed by atoms with van der Waals surface area (Å²) in [5.74, 6) is 0.752. The van der Waals surface area contributed by atoms with Gasteiger partial charge in [-0.15, -0.1) is 0 Å². The van der Waals surface area contributed by atoms with Crippen molar-refractivity contribution < 1.29 is 4.74 Å². The number of nitrogens with two attached hydrogens (primary N) is 1. The fourth-order valence-corrected chi connectivity index (χ4v) is 2.81. The van der Waals surface area contributed by atoms with E-state index in [4.69, 9.17) is 10.5 Å². The van der Waals surface area contributed by atoms with Crippen LogP contribution in [0.4, 0.5) is 0 Å². The molecule has 0 saturated carbocycles. The molecule has 0 spiro atoms. The lowest BCUT2D eigenvalue weighted by molar-refractivity contribution is 0.0591. The number of ether oxygens (including phenoxy) is 1. The molecule has 3 heteroatoms. The minimum Gasteiger partial charge on any atom is -0.381 e. The normalized spacial score (nSPS) is 28.1. The Hall–Kier alpha value is -0.120. The molecule has 1 aliphatic heterocycles. The van der Waals surface area contributed by atoms with Crippen LogP contribution in [0.25, 0.3) is 0 Å². The quantitative estimate of drug-likeness (QED) is 0.776. The van der Waals surface area contributed by atoms with Gasteiger partial charge in [0.05, 0.1) is 0 Å². The number of hydrogen-bond acceptors (Lipinski definition) is 3. The summed E-state index contributed by atoms with van der Waals surface area (Å²) in [5, 5.41) is 0. The third kappa shape index (κ3) is 3.94. The Morgan fingerprint density at radius 3 is 2.65 bits per heavy atom. The Labute approximate surface area is 107 Å². The smallest absolute Gasteiger partial charge is 0.0484 e. The minimum atomic E-state index is 0.189. The summed E-state index contributed by atoms with van der Waals surface area (Å²) in [6.07, 6.45) is 4.67. The molecule has 1 fully saturated rings. The zero-order valence-electron chi connectivity index (χ0n) is 11.9. The van der Waals surface area contributed by atoms with Gasteiger partial charge in [-0.2, -0.15) is 0 Å². The average Bonchev–Trinajstić information content (AvgIpc) is 2.61. The van der Waals surface area contributed by atoms with E-state index in [2.05, 4.69) is 25.7 Å². The topological polar surface area (TPSA) is 38.5 Å². The van der Waals surface area contributed by atoms with Crippen LogP contribution in [0.5, 0.6) is 0 Å². The Kier molecular flexibility index (Phi) is 6.45. The van der Waals surface area contributed by atoms with Crippen LogP contribution < -0.4 is 5.73 Å². The Bertz CT molecular complexity index is 200. The zero-order valence-corrected chi connectivity index (χ0v) is 11.9. The standard InChI is InChI=1S/C14H30N2O/c1-4-13(3)11-16(5-2)14(12-15)7-6-9-17-10-8-14/h13H,4-12,15H2,1-3H3. The summed E-state index contributed by atoms with van der Waals surface area (Å²) in [5.41, 5.74) is 6.29. The third-order valence-electron chi connectivity index (χ3n) is 4.30. The van der Waals surface area contributed by atoms with Crippen LogP contribution in [-0.2, 0) is 4.74 Å². The van der Waals surface area contributed by atoms with E-state index in [9.17, 15) is 0 Å². The van der Waals surface area contributed by atoms with Crippen LogP contribution in [0.15, 0.2) is 0 Å². The Balaban J connectivity index is 2.71. The van der Waals surface area contributed by atoms with E-state index in [1.54, 1.807) is 0 Å². The first-order valence-electron chi connectivity index (χ1n) is 7.21. The van der Waals surface area contributed by atoms with Gasteiger partial charge in [-0.05, 0) is 31.7 Å². The molecular formula is C14H30N2O. The van der Waals surface area contributed by atoms with Crippen LogP contribution in [0, 0.1) is 5.92 Å². The molecule has 2 unspecified atom stereocenters. The Morgan fingerprint density at radius 2 is 2.06 bits per heavy atom. The van der Waals surface area contributed by atoms with Gasteiger partial charge in [0.1, 0.15) is 0 Å². The van der Waals surface area contributed by atoms with Gasteiger partial charge in [-0.3, -0.25) is 4.90 Å². The van der Waals surface area contributed by atoms with Crippen LogP contribution in [0.2, 0.25) is 0 Å². The molecule has 102 valence electrons. The van der Waals surface area contributed by atoms with Crippen molar-refractivity contribution in [3.63, 3.8) is 0 Å². The highest BCUT2D eigenvalue weighted by molar-refractivity contribution is 4.93. The summed E-state index contributed by atoms with van der Waals surface area (Å²) in [7, 11) is 0. The summed E-state index contributed by atoms with van der Waals surface area (Å²) in [6.45, 7) is 11.7. The van der Waals surface area contributed by atoms with E-state index in [0.29, 0.717) is 0 Å². The maximum absolute atomic E-state index is 6.10. The fourth-order valence-electron chi connectivity index (χ4n) is 2.81. The van der Waals surface area contributed by atoms with Gasteiger partial charge in [0.2, 0.25) is 0 Å². The molecule has 0 amide bonds. The van der Waals surface area contributed by atoms with Gasteiger partial charge in [-0.25, -0.2) is 0 Å². The molecule has 0 bridgehead atoms. The molecule has 1 aliphatic rings. The van der Waals surface area contributed by atoms with Crippen LogP contribution in [-0.4, -0.2) is 43.3 Å².